The second-order valence-corrected chi connectivity index (χ2v) is 7.36. The summed E-state index contributed by atoms with van der Waals surface area (Å²) in [5.74, 6) is 2.42. The summed E-state index contributed by atoms with van der Waals surface area (Å²) >= 11 is 0. The predicted molar refractivity (Wildman–Crippen MR) is 125 cm³/mol. The molecule has 1 aliphatic heterocycles. The molecule has 0 bridgehead atoms. The highest BCUT2D eigenvalue weighted by atomic mass is 16.6. The van der Waals surface area contributed by atoms with E-state index in [0.29, 0.717) is 13.2 Å². The molecular formula is C27H28O3. The van der Waals surface area contributed by atoms with E-state index in [4.69, 9.17) is 14.2 Å². The number of rotatable bonds is 3. The molecule has 0 fully saturated rings. The molecule has 3 nitrogen and oxygen atoms in total. The van der Waals surface area contributed by atoms with Crippen LogP contribution in [-0.2, 0) is 0 Å². The fraction of sp³-hybridized carbons (Fsp3) is 0.259. The summed E-state index contributed by atoms with van der Waals surface area (Å²) in [4.78, 5) is 0. The summed E-state index contributed by atoms with van der Waals surface area (Å²) in [6, 6.07) is 22.9. The Labute approximate surface area is 178 Å². The normalized spacial score (nSPS) is 12.4. The van der Waals surface area contributed by atoms with E-state index in [0.717, 1.165) is 44.5 Å². The van der Waals surface area contributed by atoms with Crippen molar-refractivity contribution in [3.63, 3.8) is 0 Å². The molecule has 0 spiro atoms. The van der Waals surface area contributed by atoms with E-state index >= 15 is 0 Å². The lowest BCUT2D eigenvalue weighted by atomic mass is 9.91. The smallest absolute Gasteiger partial charge is 0.169 e. The highest BCUT2D eigenvalue weighted by Gasteiger charge is 2.24. The number of fused-ring (bicyclic) bond motifs is 3. The highest BCUT2D eigenvalue weighted by molar-refractivity contribution is 6.10. The van der Waals surface area contributed by atoms with E-state index in [1.54, 1.807) is 7.11 Å². The van der Waals surface area contributed by atoms with Crippen LogP contribution in [0.4, 0.5) is 0 Å². The molecule has 0 atom stereocenters. The minimum Gasteiger partial charge on any atom is -0.496 e. The van der Waals surface area contributed by atoms with Gasteiger partial charge in [-0.15, -0.1) is 0 Å². The molecule has 154 valence electrons. The second-order valence-electron chi connectivity index (χ2n) is 7.36. The third kappa shape index (κ3) is 3.68. The van der Waals surface area contributed by atoms with Gasteiger partial charge in [0.15, 0.2) is 11.5 Å². The molecule has 0 amide bonds. The van der Waals surface area contributed by atoms with Crippen LogP contribution in [0.15, 0.2) is 66.7 Å². The first kappa shape index (κ1) is 20.1. The molecule has 0 radical (unpaired) electrons. The van der Waals surface area contributed by atoms with Gasteiger partial charge in [-0.1, -0.05) is 81.3 Å². The van der Waals surface area contributed by atoms with Gasteiger partial charge in [0.2, 0.25) is 0 Å². The molecule has 0 aromatic heterocycles. The average Bonchev–Trinajstić information content (AvgIpc) is 2.82. The maximum atomic E-state index is 6.08. The molecule has 0 unspecified atom stereocenters. The lowest BCUT2D eigenvalue weighted by Gasteiger charge is -2.24. The van der Waals surface area contributed by atoms with Crippen LogP contribution < -0.4 is 14.2 Å². The van der Waals surface area contributed by atoms with E-state index in [9.17, 15) is 0 Å². The minimum absolute atomic E-state index is 0.547. The monoisotopic (exact) mass is 400 g/mol. The summed E-state index contributed by atoms with van der Waals surface area (Å²) in [5, 5.41) is 4.56. The third-order valence-corrected chi connectivity index (χ3v) is 5.42. The Kier molecular flexibility index (Phi) is 6.08. The summed E-state index contributed by atoms with van der Waals surface area (Å²) < 4.78 is 17.7. The van der Waals surface area contributed by atoms with Crippen LogP contribution in [0, 0.1) is 0 Å². The van der Waals surface area contributed by atoms with Gasteiger partial charge in [-0.05, 0) is 33.7 Å². The second kappa shape index (κ2) is 9.08. The van der Waals surface area contributed by atoms with Gasteiger partial charge in [0, 0.05) is 11.1 Å². The van der Waals surface area contributed by atoms with Gasteiger partial charge in [-0.2, -0.15) is 0 Å². The van der Waals surface area contributed by atoms with Crippen molar-refractivity contribution >= 4 is 21.5 Å². The van der Waals surface area contributed by atoms with E-state index in [2.05, 4.69) is 68.4 Å². The molecule has 0 saturated heterocycles. The van der Waals surface area contributed by atoms with Crippen LogP contribution in [-0.4, -0.2) is 20.3 Å². The van der Waals surface area contributed by atoms with Crippen molar-refractivity contribution < 1.29 is 14.2 Å². The number of methoxy groups -OCH3 is 1. The Hall–Kier alpha value is -3.20. The van der Waals surface area contributed by atoms with Gasteiger partial charge >= 0.3 is 0 Å². The molecule has 4 aromatic carbocycles. The first-order valence-corrected chi connectivity index (χ1v) is 10.7. The fourth-order valence-electron chi connectivity index (χ4n) is 3.78. The minimum atomic E-state index is 0.547. The zero-order valence-corrected chi connectivity index (χ0v) is 17.9. The van der Waals surface area contributed by atoms with E-state index in [1.165, 1.54) is 18.2 Å². The van der Waals surface area contributed by atoms with Crippen LogP contribution in [0.2, 0.25) is 0 Å². The van der Waals surface area contributed by atoms with Crippen LogP contribution in [0.3, 0.4) is 0 Å². The molecule has 1 heterocycles. The lowest BCUT2D eigenvalue weighted by molar-refractivity contribution is 0.173. The fourth-order valence-corrected chi connectivity index (χ4v) is 3.78. The standard InChI is InChI=1S/C23H18O3.C4H10/c1-24-19-11-10-15-6-2-4-8-17(15)21(19)22-18-9-5-3-7-16(18)14-20-23(22)26-13-12-25-20;1-3-4-2/h2-11,14H,12-13H2,1H3;3-4H2,1-2H3. The number of hydrogen-bond acceptors (Lipinski definition) is 3. The van der Waals surface area contributed by atoms with Gasteiger partial charge < -0.3 is 14.2 Å². The summed E-state index contributed by atoms with van der Waals surface area (Å²) in [6.45, 7) is 5.48. The molecule has 0 aliphatic carbocycles. The molecular weight excluding hydrogens is 372 g/mol. The number of benzene rings is 4. The van der Waals surface area contributed by atoms with E-state index in [1.807, 2.05) is 12.1 Å². The van der Waals surface area contributed by atoms with Crippen molar-refractivity contribution in [3.05, 3.63) is 66.7 Å². The van der Waals surface area contributed by atoms with E-state index in [-0.39, 0.29) is 0 Å². The molecule has 3 heteroatoms. The largest absolute Gasteiger partial charge is 0.496 e. The topological polar surface area (TPSA) is 27.7 Å². The SMILES string of the molecule is CCCC.COc1ccc2ccccc2c1-c1c2c(cc3ccccc13)OCCO2. The molecule has 0 saturated carbocycles. The Morgan fingerprint density at radius 3 is 2.07 bits per heavy atom. The van der Waals surface area contributed by atoms with Crippen LogP contribution in [0.1, 0.15) is 26.7 Å². The molecule has 1 aliphatic rings. The highest BCUT2D eigenvalue weighted by Crippen LogP contribution is 2.50. The van der Waals surface area contributed by atoms with Crippen molar-refractivity contribution in [2.45, 2.75) is 26.7 Å². The summed E-state index contributed by atoms with van der Waals surface area (Å²) in [5.41, 5.74) is 2.08. The zero-order chi connectivity index (χ0) is 20.9. The lowest BCUT2D eigenvalue weighted by Crippen LogP contribution is -2.16. The number of hydrogen-bond donors (Lipinski definition) is 0. The number of ether oxygens (including phenoxy) is 3. The predicted octanol–water partition coefficient (Wildman–Crippen LogP) is 7.25. The number of unbranched alkanes of at least 4 members (excludes halogenated alkanes) is 1. The maximum absolute atomic E-state index is 6.08. The van der Waals surface area contributed by atoms with Gasteiger partial charge in [-0.25, -0.2) is 0 Å². The summed E-state index contributed by atoms with van der Waals surface area (Å²) in [7, 11) is 1.71. The zero-order valence-electron chi connectivity index (χ0n) is 17.9. The molecule has 4 aromatic rings. The van der Waals surface area contributed by atoms with Crippen molar-refractivity contribution in [1.29, 1.82) is 0 Å². The Morgan fingerprint density at radius 1 is 0.733 bits per heavy atom. The van der Waals surface area contributed by atoms with Crippen LogP contribution in [0.25, 0.3) is 32.7 Å². The molecule has 5 rings (SSSR count). The average molecular weight is 401 g/mol. The molecule has 0 N–H and O–H groups in total. The van der Waals surface area contributed by atoms with Gasteiger partial charge in [0.05, 0.1) is 7.11 Å². The van der Waals surface area contributed by atoms with Crippen molar-refractivity contribution in [1.82, 2.24) is 0 Å². The Morgan fingerprint density at radius 2 is 1.37 bits per heavy atom. The van der Waals surface area contributed by atoms with Crippen molar-refractivity contribution in [3.8, 4) is 28.4 Å². The van der Waals surface area contributed by atoms with Crippen LogP contribution in [0.5, 0.6) is 17.2 Å². The Bertz CT molecular complexity index is 1160. The van der Waals surface area contributed by atoms with Crippen LogP contribution >= 0.6 is 0 Å². The maximum Gasteiger partial charge on any atom is 0.169 e. The van der Waals surface area contributed by atoms with Gasteiger partial charge in [0.1, 0.15) is 19.0 Å². The Balaban J connectivity index is 0.000000503. The first-order chi connectivity index (χ1) is 14.8. The first-order valence-electron chi connectivity index (χ1n) is 10.7. The summed E-state index contributed by atoms with van der Waals surface area (Å²) in [6.07, 6.45) is 2.64. The van der Waals surface area contributed by atoms with Crippen molar-refractivity contribution in [2.75, 3.05) is 20.3 Å². The van der Waals surface area contributed by atoms with Gasteiger partial charge in [-0.3, -0.25) is 0 Å². The van der Waals surface area contributed by atoms with E-state index < -0.39 is 0 Å². The quantitative estimate of drug-likeness (QED) is 0.362. The van der Waals surface area contributed by atoms with Gasteiger partial charge in [0.25, 0.3) is 0 Å². The van der Waals surface area contributed by atoms with Crippen molar-refractivity contribution in [2.24, 2.45) is 0 Å². The third-order valence-electron chi connectivity index (χ3n) is 5.42. The molecule has 30 heavy (non-hydrogen) atoms.